The van der Waals surface area contributed by atoms with Crippen molar-refractivity contribution >= 4 is 23.2 Å². The maximum atomic E-state index is 6.83. The standard InChI is InChI=1S/C17H24Cl2/c1-11-9-13-14(3,4)7-6-8-15(5)16(13,10-12(11)2)17(15,18)19/h9,13H,2,6-8,10H2,1,3-5H3/t13-,15-,16+/m1/s1. The Morgan fingerprint density at radius 3 is 2.47 bits per heavy atom. The normalized spacial score (nSPS) is 46.7. The zero-order chi connectivity index (χ0) is 14.3. The van der Waals surface area contributed by atoms with Gasteiger partial charge < -0.3 is 0 Å². The minimum Gasteiger partial charge on any atom is -0.100 e. The average molecular weight is 299 g/mol. The molecule has 0 radical (unpaired) electrons. The highest BCUT2D eigenvalue weighted by atomic mass is 35.5. The monoisotopic (exact) mass is 298 g/mol. The summed E-state index contributed by atoms with van der Waals surface area (Å²) < 4.78 is -0.595. The van der Waals surface area contributed by atoms with Crippen molar-refractivity contribution < 1.29 is 0 Å². The van der Waals surface area contributed by atoms with Crippen LogP contribution in [-0.2, 0) is 0 Å². The summed E-state index contributed by atoms with van der Waals surface area (Å²) >= 11 is 13.7. The first-order valence-corrected chi connectivity index (χ1v) is 8.10. The third-order valence-electron chi connectivity index (χ3n) is 6.51. The van der Waals surface area contributed by atoms with Gasteiger partial charge in [0.15, 0.2) is 0 Å². The summed E-state index contributed by atoms with van der Waals surface area (Å²) in [6, 6.07) is 0. The second kappa shape index (κ2) is 3.63. The lowest BCUT2D eigenvalue weighted by Crippen LogP contribution is -2.36. The van der Waals surface area contributed by atoms with Crippen LogP contribution in [0.3, 0.4) is 0 Å². The van der Waals surface area contributed by atoms with Crippen molar-refractivity contribution in [1.82, 2.24) is 0 Å². The van der Waals surface area contributed by atoms with E-state index in [1.165, 1.54) is 24.0 Å². The zero-order valence-electron chi connectivity index (χ0n) is 12.4. The highest BCUT2D eigenvalue weighted by molar-refractivity contribution is 6.52. The largest absolute Gasteiger partial charge is 0.131 e. The molecule has 0 N–H and O–H groups in total. The summed E-state index contributed by atoms with van der Waals surface area (Å²) in [6.45, 7) is 13.5. The molecule has 0 aromatic carbocycles. The van der Waals surface area contributed by atoms with Crippen LogP contribution in [0.25, 0.3) is 0 Å². The number of hydrogen-bond acceptors (Lipinski definition) is 0. The molecule has 3 aliphatic rings. The minimum atomic E-state index is -0.595. The molecule has 0 aliphatic heterocycles. The number of allylic oxidation sites excluding steroid dienone is 3. The van der Waals surface area contributed by atoms with Gasteiger partial charge in [-0.3, -0.25) is 0 Å². The van der Waals surface area contributed by atoms with Crippen LogP contribution in [0.5, 0.6) is 0 Å². The molecular weight excluding hydrogens is 275 g/mol. The van der Waals surface area contributed by atoms with Gasteiger partial charge in [0.2, 0.25) is 0 Å². The quantitative estimate of drug-likeness (QED) is 0.488. The van der Waals surface area contributed by atoms with Crippen LogP contribution in [0.4, 0.5) is 0 Å². The third kappa shape index (κ3) is 1.38. The van der Waals surface area contributed by atoms with Gasteiger partial charge >= 0.3 is 0 Å². The van der Waals surface area contributed by atoms with Gasteiger partial charge in [0.1, 0.15) is 4.33 Å². The first-order valence-electron chi connectivity index (χ1n) is 7.35. The molecule has 0 aromatic heterocycles. The van der Waals surface area contributed by atoms with Crippen LogP contribution in [0.1, 0.15) is 53.4 Å². The van der Waals surface area contributed by atoms with Crippen molar-refractivity contribution in [2.45, 2.75) is 57.7 Å². The first-order chi connectivity index (χ1) is 8.60. The first kappa shape index (κ1) is 14.0. The Morgan fingerprint density at radius 1 is 1.21 bits per heavy atom. The van der Waals surface area contributed by atoms with Gasteiger partial charge in [-0.2, -0.15) is 0 Å². The van der Waals surface area contributed by atoms with Gasteiger partial charge in [0, 0.05) is 10.8 Å². The molecule has 0 bridgehead atoms. The summed E-state index contributed by atoms with van der Waals surface area (Å²) in [4.78, 5) is 0. The molecule has 3 rings (SSSR count). The van der Waals surface area contributed by atoms with Crippen LogP contribution in [0.15, 0.2) is 23.8 Å². The summed E-state index contributed by atoms with van der Waals surface area (Å²) in [7, 11) is 0. The van der Waals surface area contributed by atoms with Crippen LogP contribution < -0.4 is 0 Å². The molecule has 2 saturated carbocycles. The van der Waals surface area contributed by atoms with Crippen LogP contribution in [-0.4, -0.2) is 4.33 Å². The molecule has 2 fully saturated rings. The van der Waals surface area contributed by atoms with E-state index in [-0.39, 0.29) is 16.2 Å². The van der Waals surface area contributed by atoms with Gasteiger partial charge in [-0.15, -0.1) is 23.2 Å². The second-order valence-corrected chi connectivity index (χ2v) is 9.16. The fourth-order valence-corrected chi connectivity index (χ4v) is 6.27. The number of halogens is 2. The molecule has 1 spiro atoms. The molecule has 0 aromatic rings. The number of rotatable bonds is 0. The maximum Gasteiger partial charge on any atom is 0.131 e. The van der Waals surface area contributed by atoms with Crippen molar-refractivity contribution in [2.24, 2.45) is 22.2 Å². The van der Waals surface area contributed by atoms with E-state index in [2.05, 4.69) is 40.3 Å². The maximum absolute atomic E-state index is 6.83. The molecule has 3 aliphatic carbocycles. The smallest absolute Gasteiger partial charge is 0.100 e. The topological polar surface area (TPSA) is 0 Å². The SMILES string of the molecule is C=C1C[C@]23[C@H](C=C1C)C(C)(C)CCC[C@@]2(C)C3(Cl)Cl. The molecular formula is C17H24Cl2. The van der Waals surface area contributed by atoms with Gasteiger partial charge in [-0.1, -0.05) is 51.0 Å². The Kier molecular flexibility index (Phi) is 2.68. The van der Waals surface area contributed by atoms with E-state index >= 15 is 0 Å². The Bertz CT molecular complexity index is 485. The van der Waals surface area contributed by atoms with E-state index in [0.717, 1.165) is 12.8 Å². The predicted molar refractivity (Wildman–Crippen MR) is 83.6 cm³/mol. The Labute approximate surface area is 127 Å². The summed E-state index contributed by atoms with van der Waals surface area (Å²) in [5, 5.41) is 0. The predicted octanol–water partition coefficient (Wildman–Crippen LogP) is 5.90. The third-order valence-corrected chi connectivity index (χ3v) is 8.02. The molecule has 106 valence electrons. The zero-order valence-corrected chi connectivity index (χ0v) is 14.0. The van der Waals surface area contributed by atoms with Crippen LogP contribution >= 0.6 is 23.2 Å². The Balaban J connectivity index is 2.20. The fourth-order valence-electron chi connectivity index (χ4n) is 5.06. The fraction of sp³-hybridized carbons (Fsp3) is 0.765. The van der Waals surface area contributed by atoms with E-state index in [0.29, 0.717) is 5.92 Å². The lowest BCUT2D eigenvalue weighted by atomic mass is 9.62. The van der Waals surface area contributed by atoms with Crippen molar-refractivity contribution in [3.05, 3.63) is 23.8 Å². The Morgan fingerprint density at radius 2 is 1.84 bits per heavy atom. The molecule has 0 amide bonds. The molecule has 2 heteroatoms. The van der Waals surface area contributed by atoms with Gasteiger partial charge in [0.05, 0.1) is 0 Å². The summed E-state index contributed by atoms with van der Waals surface area (Å²) in [5.41, 5.74) is 2.87. The van der Waals surface area contributed by atoms with Crippen LogP contribution in [0, 0.1) is 22.2 Å². The van der Waals surface area contributed by atoms with E-state index in [4.69, 9.17) is 23.2 Å². The van der Waals surface area contributed by atoms with E-state index in [1.54, 1.807) is 0 Å². The molecule has 0 unspecified atom stereocenters. The number of hydrogen-bond donors (Lipinski definition) is 0. The molecule has 3 atom stereocenters. The minimum absolute atomic E-state index is 0.000293. The summed E-state index contributed by atoms with van der Waals surface area (Å²) in [6.07, 6.45) is 7.01. The van der Waals surface area contributed by atoms with E-state index < -0.39 is 4.33 Å². The van der Waals surface area contributed by atoms with Crippen molar-refractivity contribution in [3.8, 4) is 0 Å². The lowest BCUT2D eigenvalue weighted by molar-refractivity contribution is 0.138. The van der Waals surface area contributed by atoms with Gasteiger partial charge in [0.25, 0.3) is 0 Å². The van der Waals surface area contributed by atoms with Crippen LogP contribution in [0.2, 0.25) is 0 Å². The Hall–Kier alpha value is 0.0600. The van der Waals surface area contributed by atoms with Crippen molar-refractivity contribution in [3.63, 3.8) is 0 Å². The molecule has 0 heterocycles. The second-order valence-electron chi connectivity index (χ2n) is 7.83. The van der Waals surface area contributed by atoms with Crippen molar-refractivity contribution in [2.75, 3.05) is 0 Å². The average Bonchev–Trinajstić information content (AvgIpc) is 2.67. The highest BCUT2D eigenvalue weighted by Crippen LogP contribution is 2.87. The molecule has 19 heavy (non-hydrogen) atoms. The van der Waals surface area contributed by atoms with E-state index in [9.17, 15) is 0 Å². The van der Waals surface area contributed by atoms with Gasteiger partial charge in [-0.25, -0.2) is 0 Å². The highest BCUT2D eigenvalue weighted by Gasteiger charge is 2.86. The number of alkyl halides is 2. The summed E-state index contributed by atoms with van der Waals surface area (Å²) in [5.74, 6) is 0.466. The van der Waals surface area contributed by atoms with Gasteiger partial charge in [-0.05, 0) is 37.5 Å². The van der Waals surface area contributed by atoms with Crippen molar-refractivity contribution in [1.29, 1.82) is 0 Å². The lowest BCUT2D eigenvalue weighted by Gasteiger charge is -2.43. The molecule has 0 saturated heterocycles. The molecule has 0 nitrogen and oxygen atoms in total. The van der Waals surface area contributed by atoms with E-state index in [1.807, 2.05) is 0 Å².